The number of ether oxygens (including phenoxy) is 1. The Morgan fingerprint density at radius 3 is 2.61 bits per heavy atom. The molecule has 0 atom stereocenters. The van der Waals surface area contributed by atoms with Crippen molar-refractivity contribution in [3.63, 3.8) is 0 Å². The minimum absolute atomic E-state index is 0.162. The standard InChI is InChI=1S/C22H23N3O3/c1-25(2)14-13-23-21(26)12-11-16-7-3-4-8-17(16)15-20-22(27)24-18-9-5-6-10-19(18)28-20/h3-12,15H,13-14H2,1-2H3,(H,23,26)(H,24,27)/b12-11+,20-15-. The van der Waals surface area contributed by atoms with Crippen LogP contribution >= 0.6 is 0 Å². The summed E-state index contributed by atoms with van der Waals surface area (Å²) in [5, 5.41) is 5.65. The molecule has 0 radical (unpaired) electrons. The highest BCUT2D eigenvalue weighted by molar-refractivity contribution is 6.08. The molecule has 0 aromatic heterocycles. The molecule has 0 unspecified atom stereocenters. The maximum absolute atomic E-state index is 12.3. The van der Waals surface area contributed by atoms with Crippen molar-refractivity contribution >= 4 is 29.7 Å². The molecule has 2 N–H and O–H groups in total. The van der Waals surface area contributed by atoms with E-state index in [9.17, 15) is 9.59 Å². The third kappa shape index (κ3) is 5.08. The molecule has 0 fully saturated rings. The van der Waals surface area contributed by atoms with Gasteiger partial charge >= 0.3 is 0 Å². The Hall–Kier alpha value is -3.38. The number of likely N-dealkylation sites (N-methyl/N-ethyl adjacent to an activating group) is 1. The molecule has 0 saturated carbocycles. The Balaban J connectivity index is 1.75. The summed E-state index contributed by atoms with van der Waals surface area (Å²) in [5.74, 6) is 0.334. The van der Waals surface area contributed by atoms with Gasteiger partial charge in [-0.2, -0.15) is 0 Å². The van der Waals surface area contributed by atoms with Crippen LogP contribution in [0.2, 0.25) is 0 Å². The van der Waals surface area contributed by atoms with Gasteiger partial charge in [0.05, 0.1) is 5.69 Å². The van der Waals surface area contributed by atoms with Gasteiger partial charge in [0.2, 0.25) is 5.91 Å². The highest BCUT2D eigenvalue weighted by Gasteiger charge is 2.21. The molecule has 2 aromatic carbocycles. The summed E-state index contributed by atoms with van der Waals surface area (Å²) in [6.45, 7) is 1.35. The van der Waals surface area contributed by atoms with Crippen molar-refractivity contribution in [1.29, 1.82) is 0 Å². The van der Waals surface area contributed by atoms with E-state index in [1.54, 1.807) is 24.3 Å². The van der Waals surface area contributed by atoms with Crippen molar-refractivity contribution in [3.05, 3.63) is 71.5 Å². The van der Waals surface area contributed by atoms with Crippen LogP contribution in [0.25, 0.3) is 12.2 Å². The van der Waals surface area contributed by atoms with E-state index in [1.807, 2.05) is 55.4 Å². The Morgan fingerprint density at radius 2 is 1.82 bits per heavy atom. The summed E-state index contributed by atoms with van der Waals surface area (Å²) in [6, 6.07) is 14.8. The van der Waals surface area contributed by atoms with Crippen molar-refractivity contribution in [2.45, 2.75) is 0 Å². The zero-order valence-electron chi connectivity index (χ0n) is 15.9. The summed E-state index contributed by atoms with van der Waals surface area (Å²) in [5.41, 5.74) is 2.24. The van der Waals surface area contributed by atoms with Gasteiger partial charge in [-0.3, -0.25) is 9.59 Å². The van der Waals surface area contributed by atoms with Crippen molar-refractivity contribution in [3.8, 4) is 5.75 Å². The van der Waals surface area contributed by atoms with E-state index in [0.717, 1.165) is 17.7 Å². The SMILES string of the molecule is CN(C)CCNC(=O)/C=C/c1ccccc1/C=C1\Oc2ccccc2NC1=O. The lowest BCUT2D eigenvalue weighted by Gasteiger charge is -2.19. The Morgan fingerprint density at radius 1 is 1.11 bits per heavy atom. The van der Waals surface area contributed by atoms with Gasteiger partial charge < -0.3 is 20.3 Å². The average molecular weight is 377 g/mol. The number of hydrogen-bond acceptors (Lipinski definition) is 4. The molecule has 1 aliphatic heterocycles. The monoisotopic (exact) mass is 377 g/mol. The zero-order chi connectivity index (χ0) is 19.9. The molecule has 0 spiro atoms. The average Bonchev–Trinajstić information content (AvgIpc) is 2.67. The first-order valence-corrected chi connectivity index (χ1v) is 9.02. The summed E-state index contributed by atoms with van der Waals surface area (Å²) in [4.78, 5) is 26.3. The zero-order valence-corrected chi connectivity index (χ0v) is 15.9. The number of para-hydroxylation sites is 2. The predicted molar refractivity (Wildman–Crippen MR) is 111 cm³/mol. The van der Waals surface area contributed by atoms with Crippen LogP contribution in [0.1, 0.15) is 11.1 Å². The van der Waals surface area contributed by atoms with Crippen molar-refractivity contribution in [1.82, 2.24) is 10.2 Å². The molecule has 1 aliphatic rings. The largest absolute Gasteiger partial charge is 0.449 e. The fourth-order valence-corrected chi connectivity index (χ4v) is 2.67. The minimum atomic E-state index is -0.307. The molecule has 3 rings (SSSR count). The first-order chi connectivity index (χ1) is 13.5. The first-order valence-electron chi connectivity index (χ1n) is 9.02. The van der Waals surface area contributed by atoms with E-state index in [4.69, 9.17) is 4.74 Å². The fraction of sp³-hybridized carbons (Fsp3) is 0.182. The van der Waals surface area contributed by atoms with Gasteiger partial charge in [0.25, 0.3) is 5.91 Å². The molecule has 0 saturated heterocycles. The number of amides is 2. The Kier molecular flexibility index (Phi) is 6.24. The van der Waals surface area contributed by atoms with Gasteiger partial charge in [0.15, 0.2) is 11.5 Å². The maximum atomic E-state index is 12.3. The highest BCUT2D eigenvalue weighted by atomic mass is 16.5. The third-order valence-electron chi connectivity index (χ3n) is 4.13. The molecule has 1 heterocycles. The molecule has 144 valence electrons. The van der Waals surface area contributed by atoms with Gasteiger partial charge in [0, 0.05) is 19.2 Å². The molecule has 2 aromatic rings. The lowest BCUT2D eigenvalue weighted by molar-refractivity contribution is -0.116. The van der Waals surface area contributed by atoms with Crippen LogP contribution in [-0.2, 0) is 9.59 Å². The minimum Gasteiger partial charge on any atom is -0.449 e. The number of rotatable bonds is 6. The number of carbonyl (C=O) groups is 2. The molecular weight excluding hydrogens is 354 g/mol. The smallest absolute Gasteiger partial charge is 0.291 e. The number of benzene rings is 2. The number of anilines is 1. The van der Waals surface area contributed by atoms with Gasteiger partial charge in [-0.05, 0) is 49.5 Å². The van der Waals surface area contributed by atoms with Crippen LogP contribution in [0.3, 0.4) is 0 Å². The van der Waals surface area contributed by atoms with Gasteiger partial charge in [-0.1, -0.05) is 36.4 Å². The summed E-state index contributed by atoms with van der Waals surface area (Å²) in [6.07, 6.45) is 4.89. The number of hydrogen-bond donors (Lipinski definition) is 2. The second-order valence-corrected chi connectivity index (χ2v) is 6.62. The number of nitrogens with one attached hydrogen (secondary N) is 2. The van der Waals surface area contributed by atoms with E-state index in [0.29, 0.717) is 18.0 Å². The summed E-state index contributed by atoms with van der Waals surface area (Å²) in [7, 11) is 3.90. The summed E-state index contributed by atoms with van der Waals surface area (Å²) >= 11 is 0. The molecule has 0 aliphatic carbocycles. The molecule has 28 heavy (non-hydrogen) atoms. The maximum Gasteiger partial charge on any atom is 0.291 e. The van der Waals surface area contributed by atoms with Gasteiger partial charge in [-0.15, -0.1) is 0 Å². The quantitative estimate of drug-likeness (QED) is 0.760. The third-order valence-corrected chi connectivity index (χ3v) is 4.13. The molecule has 2 amide bonds. The molecule has 0 bridgehead atoms. The van der Waals surface area contributed by atoms with Crippen molar-refractivity contribution in [2.24, 2.45) is 0 Å². The topological polar surface area (TPSA) is 70.7 Å². The summed E-state index contributed by atoms with van der Waals surface area (Å²) < 4.78 is 5.75. The molecule has 6 heteroatoms. The molecule has 6 nitrogen and oxygen atoms in total. The van der Waals surface area contributed by atoms with E-state index in [2.05, 4.69) is 10.6 Å². The highest BCUT2D eigenvalue weighted by Crippen LogP contribution is 2.31. The van der Waals surface area contributed by atoms with E-state index < -0.39 is 0 Å². The van der Waals surface area contributed by atoms with E-state index in [1.165, 1.54) is 6.08 Å². The van der Waals surface area contributed by atoms with Crippen LogP contribution in [0.4, 0.5) is 5.69 Å². The van der Waals surface area contributed by atoms with Crippen LogP contribution in [0.15, 0.2) is 60.4 Å². The molecular formula is C22H23N3O3. The second kappa shape index (κ2) is 9.01. The fourth-order valence-electron chi connectivity index (χ4n) is 2.67. The van der Waals surface area contributed by atoms with Crippen molar-refractivity contribution in [2.75, 3.05) is 32.5 Å². The van der Waals surface area contributed by atoms with E-state index in [-0.39, 0.29) is 17.6 Å². The van der Waals surface area contributed by atoms with Crippen LogP contribution in [-0.4, -0.2) is 43.9 Å². The number of carbonyl (C=O) groups excluding carboxylic acids is 2. The Bertz CT molecular complexity index is 932. The van der Waals surface area contributed by atoms with Crippen LogP contribution < -0.4 is 15.4 Å². The van der Waals surface area contributed by atoms with Gasteiger partial charge in [-0.25, -0.2) is 0 Å². The van der Waals surface area contributed by atoms with Crippen molar-refractivity contribution < 1.29 is 14.3 Å². The number of fused-ring (bicyclic) bond motifs is 1. The van der Waals surface area contributed by atoms with E-state index >= 15 is 0 Å². The number of nitrogens with zero attached hydrogens (tertiary/aromatic N) is 1. The predicted octanol–water partition coefficient (Wildman–Crippen LogP) is 2.75. The van der Waals surface area contributed by atoms with Crippen LogP contribution in [0.5, 0.6) is 5.75 Å². The van der Waals surface area contributed by atoms with Gasteiger partial charge in [0.1, 0.15) is 0 Å². The first kappa shape index (κ1) is 19.4. The normalized spacial score (nSPS) is 14.7. The lowest BCUT2D eigenvalue weighted by Crippen LogP contribution is -2.30. The Labute approximate surface area is 164 Å². The van der Waals surface area contributed by atoms with Crippen LogP contribution in [0, 0.1) is 0 Å². The lowest BCUT2D eigenvalue weighted by atomic mass is 10.1. The second-order valence-electron chi connectivity index (χ2n) is 6.62.